The van der Waals surface area contributed by atoms with E-state index in [1.165, 1.54) is 20.7 Å². The zero-order valence-corrected chi connectivity index (χ0v) is 20.4. The van der Waals surface area contributed by atoms with Crippen LogP contribution >= 0.6 is 11.3 Å². The van der Waals surface area contributed by atoms with E-state index in [0.717, 1.165) is 63.5 Å². The average molecular weight is 464 g/mol. The smallest absolute Gasteiger partial charge is 0.225 e. The van der Waals surface area contributed by atoms with E-state index < -0.39 is 0 Å². The van der Waals surface area contributed by atoms with Gasteiger partial charge in [0, 0.05) is 72.7 Å². The van der Waals surface area contributed by atoms with Crippen LogP contribution in [-0.2, 0) is 11.3 Å². The van der Waals surface area contributed by atoms with Crippen molar-refractivity contribution in [1.82, 2.24) is 15.2 Å². The summed E-state index contributed by atoms with van der Waals surface area (Å²) in [6.45, 7) is 8.75. The van der Waals surface area contributed by atoms with Gasteiger partial charge < -0.3 is 20.0 Å². The van der Waals surface area contributed by atoms with Gasteiger partial charge in [0.05, 0.1) is 5.92 Å². The fraction of sp³-hybridized carbons (Fsp3) is 0.462. The molecule has 4 heterocycles. The van der Waals surface area contributed by atoms with Crippen LogP contribution in [0.1, 0.15) is 23.3 Å². The van der Waals surface area contributed by atoms with Gasteiger partial charge >= 0.3 is 0 Å². The summed E-state index contributed by atoms with van der Waals surface area (Å²) < 4.78 is 1.27. The van der Waals surface area contributed by atoms with Crippen molar-refractivity contribution in [1.29, 1.82) is 0 Å². The van der Waals surface area contributed by atoms with Crippen molar-refractivity contribution in [3.63, 3.8) is 0 Å². The number of pyridine rings is 1. The highest BCUT2D eigenvalue weighted by molar-refractivity contribution is 7.19. The molecule has 3 aromatic rings. The number of aryl methyl sites for hydroxylation is 1. The second-order valence-electron chi connectivity index (χ2n) is 9.36. The first-order chi connectivity index (χ1) is 16.1. The molecule has 2 aliphatic rings. The topological polar surface area (TPSA) is 51.7 Å². The zero-order valence-electron chi connectivity index (χ0n) is 19.6. The van der Waals surface area contributed by atoms with Crippen LogP contribution in [0.5, 0.6) is 0 Å². The van der Waals surface area contributed by atoms with Gasteiger partial charge in [-0.15, -0.1) is 11.3 Å². The Kier molecular flexibility index (Phi) is 6.51. The molecule has 1 atom stereocenters. The molecule has 0 bridgehead atoms. The summed E-state index contributed by atoms with van der Waals surface area (Å²) in [5.74, 6) is 1.17. The Balaban J connectivity index is 1.18. The number of hydrogen-bond donors (Lipinski definition) is 1. The van der Waals surface area contributed by atoms with Crippen LogP contribution in [0.2, 0.25) is 0 Å². The Labute approximate surface area is 200 Å². The summed E-state index contributed by atoms with van der Waals surface area (Å²) in [4.78, 5) is 26.1. The number of nitrogens with zero attached hydrogens (tertiary/aromatic N) is 4. The average Bonchev–Trinajstić information content (AvgIpc) is 3.24. The molecule has 0 radical (unpaired) electrons. The molecule has 1 amide bonds. The standard InChI is InChI=1S/C26H33N5OS/c1-19-16-23-24(33-19)9-10-27-25(23)31-11-3-4-21(18-31)26(32)28-17-20-5-7-22(8-6-20)30-14-12-29(2)13-15-30/h5-10,16,21H,3-4,11-15,17-18H2,1-2H3,(H,28,32). The SMILES string of the molecule is Cc1cc2c(N3CCCC(C(=O)NCc4ccc(N5CCN(C)CC5)cc4)C3)nccc2s1. The molecule has 2 aliphatic heterocycles. The molecule has 0 spiro atoms. The minimum atomic E-state index is 0.000140. The number of hydrogen-bond acceptors (Lipinski definition) is 6. The van der Waals surface area contributed by atoms with Crippen LogP contribution in [0.4, 0.5) is 11.5 Å². The van der Waals surface area contributed by atoms with Crippen LogP contribution in [0.15, 0.2) is 42.6 Å². The lowest BCUT2D eigenvalue weighted by molar-refractivity contribution is -0.125. The first kappa shape index (κ1) is 22.2. The Morgan fingerprint density at radius 2 is 1.88 bits per heavy atom. The van der Waals surface area contributed by atoms with Crippen molar-refractivity contribution >= 4 is 38.8 Å². The van der Waals surface area contributed by atoms with Gasteiger partial charge in [-0.05, 0) is 56.6 Å². The van der Waals surface area contributed by atoms with Crippen LogP contribution < -0.4 is 15.1 Å². The molecule has 7 heteroatoms. The molecule has 2 aromatic heterocycles. The van der Waals surface area contributed by atoms with Crippen LogP contribution in [0, 0.1) is 12.8 Å². The van der Waals surface area contributed by atoms with Crippen LogP contribution in [0.3, 0.4) is 0 Å². The van der Waals surface area contributed by atoms with Crippen molar-refractivity contribution in [3.05, 3.63) is 53.0 Å². The summed E-state index contributed by atoms with van der Waals surface area (Å²) in [5.41, 5.74) is 2.42. The summed E-state index contributed by atoms with van der Waals surface area (Å²) >= 11 is 1.80. The monoisotopic (exact) mass is 463 g/mol. The number of carbonyl (C=O) groups is 1. The zero-order chi connectivity index (χ0) is 22.8. The predicted octanol–water partition coefficient (Wildman–Crippen LogP) is 3.89. The highest BCUT2D eigenvalue weighted by Crippen LogP contribution is 2.33. The second kappa shape index (κ2) is 9.69. The number of piperidine rings is 1. The number of piperazine rings is 1. The summed E-state index contributed by atoms with van der Waals surface area (Å²) in [7, 11) is 2.18. The van der Waals surface area contributed by atoms with Gasteiger partial charge in [-0.3, -0.25) is 4.79 Å². The molecule has 0 saturated carbocycles. The third-order valence-corrected chi connectivity index (χ3v) is 7.93. The Morgan fingerprint density at radius 3 is 2.67 bits per heavy atom. The minimum absolute atomic E-state index is 0.000140. The Hall–Kier alpha value is -2.64. The fourth-order valence-corrected chi connectivity index (χ4v) is 5.85. The van der Waals surface area contributed by atoms with Crippen molar-refractivity contribution < 1.29 is 4.79 Å². The molecule has 1 unspecified atom stereocenters. The number of benzene rings is 1. The summed E-state index contributed by atoms with van der Waals surface area (Å²) in [6, 6.07) is 13.0. The molecule has 1 N–H and O–H groups in total. The summed E-state index contributed by atoms with van der Waals surface area (Å²) in [5, 5.41) is 4.39. The van der Waals surface area contributed by atoms with E-state index in [9.17, 15) is 4.79 Å². The van der Waals surface area contributed by atoms with E-state index in [2.05, 4.69) is 75.4 Å². The second-order valence-corrected chi connectivity index (χ2v) is 10.7. The molecule has 6 nitrogen and oxygen atoms in total. The normalized spacial score (nSPS) is 19.8. The largest absolute Gasteiger partial charge is 0.369 e. The highest BCUT2D eigenvalue weighted by atomic mass is 32.1. The van der Waals surface area contributed by atoms with Gasteiger partial charge in [0.15, 0.2) is 0 Å². The maximum absolute atomic E-state index is 13.0. The lowest BCUT2D eigenvalue weighted by Crippen LogP contribution is -2.44. The molecule has 5 rings (SSSR count). The molecular formula is C26H33N5OS. The van der Waals surface area contributed by atoms with E-state index in [4.69, 9.17) is 0 Å². The van der Waals surface area contributed by atoms with E-state index in [1.807, 2.05) is 6.20 Å². The number of aromatic nitrogens is 1. The molecule has 2 saturated heterocycles. The Morgan fingerprint density at radius 1 is 1.09 bits per heavy atom. The number of anilines is 2. The van der Waals surface area contributed by atoms with E-state index in [-0.39, 0.29) is 11.8 Å². The predicted molar refractivity (Wildman–Crippen MR) is 137 cm³/mol. The number of nitrogens with one attached hydrogen (secondary N) is 1. The maximum atomic E-state index is 13.0. The highest BCUT2D eigenvalue weighted by Gasteiger charge is 2.27. The molecule has 2 fully saturated rings. The number of thiophene rings is 1. The van der Waals surface area contributed by atoms with E-state index >= 15 is 0 Å². The van der Waals surface area contributed by atoms with Gasteiger partial charge in [0.1, 0.15) is 5.82 Å². The van der Waals surface area contributed by atoms with E-state index in [0.29, 0.717) is 6.54 Å². The summed E-state index contributed by atoms with van der Waals surface area (Å²) in [6.07, 6.45) is 3.84. The minimum Gasteiger partial charge on any atom is -0.369 e. The maximum Gasteiger partial charge on any atom is 0.225 e. The van der Waals surface area contributed by atoms with Gasteiger partial charge in [-0.1, -0.05) is 12.1 Å². The number of fused-ring (bicyclic) bond motifs is 1. The van der Waals surface area contributed by atoms with Gasteiger partial charge in [-0.25, -0.2) is 4.98 Å². The lowest BCUT2D eigenvalue weighted by atomic mass is 9.96. The molecule has 33 heavy (non-hydrogen) atoms. The number of amides is 1. The van der Waals surface area contributed by atoms with Gasteiger partial charge in [0.25, 0.3) is 0 Å². The van der Waals surface area contributed by atoms with Crippen LogP contribution in [0.25, 0.3) is 10.1 Å². The number of likely N-dealkylation sites (N-methyl/N-ethyl adjacent to an activating group) is 1. The molecule has 1 aromatic carbocycles. The molecular weight excluding hydrogens is 430 g/mol. The fourth-order valence-electron chi connectivity index (χ4n) is 4.93. The third-order valence-electron chi connectivity index (χ3n) is 6.91. The lowest BCUT2D eigenvalue weighted by Gasteiger charge is -2.34. The van der Waals surface area contributed by atoms with Crippen molar-refractivity contribution in [2.24, 2.45) is 5.92 Å². The number of rotatable bonds is 5. The molecule has 174 valence electrons. The number of carbonyl (C=O) groups excluding carboxylic acids is 1. The quantitative estimate of drug-likeness (QED) is 0.622. The van der Waals surface area contributed by atoms with Gasteiger partial charge in [0.2, 0.25) is 5.91 Å². The van der Waals surface area contributed by atoms with Crippen molar-refractivity contribution in [2.45, 2.75) is 26.3 Å². The van der Waals surface area contributed by atoms with Crippen LogP contribution in [-0.4, -0.2) is 62.1 Å². The molecule has 0 aliphatic carbocycles. The first-order valence-corrected chi connectivity index (χ1v) is 12.8. The van der Waals surface area contributed by atoms with Crippen molar-refractivity contribution in [3.8, 4) is 0 Å². The van der Waals surface area contributed by atoms with Crippen molar-refractivity contribution in [2.75, 3.05) is 56.1 Å². The first-order valence-electron chi connectivity index (χ1n) is 12.0. The van der Waals surface area contributed by atoms with Gasteiger partial charge in [-0.2, -0.15) is 0 Å². The Bertz CT molecular complexity index is 1100. The van der Waals surface area contributed by atoms with E-state index in [1.54, 1.807) is 11.3 Å². The third kappa shape index (κ3) is 4.99.